The number of hydrogen-bond donors (Lipinski definition) is 1. The highest BCUT2D eigenvalue weighted by Crippen LogP contribution is 2.39. The number of halogens is 1. The molecule has 0 aromatic heterocycles. The zero-order valence-electron chi connectivity index (χ0n) is 13.1. The van der Waals surface area contributed by atoms with E-state index < -0.39 is 0 Å². The Bertz CT molecular complexity index is 470. The SMILES string of the molecule is Cc1cccc(N(C)C(=O)CC2(CN)CCCCC2)c1.Cl. The molecule has 1 aliphatic rings. The molecular formula is C17H27ClN2O. The van der Waals surface area contributed by atoms with Gasteiger partial charge in [-0.1, -0.05) is 31.4 Å². The van der Waals surface area contributed by atoms with E-state index in [9.17, 15) is 4.79 Å². The minimum atomic E-state index is 0. The van der Waals surface area contributed by atoms with Gasteiger partial charge in [0.15, 0.2) is 0 Å². The zero-order valence-corrected chi connectivity index (χ0v) is 13.9. The standard InChI is InChI=1S/C17H26N2O.ClH/c1-14-7-6-8-15(11-14)19(2)16(20)12-17(13-18)9-4-3-5-10-17;/h6-8,11H,3-5,9-10,12-13,18H2,1-2H3;1H. The molecule has 3 nitrogen and oxygen atoms in total. The van der Waals surface area contributed by atoms with Crippen molar-refractivity contribution in [1.29, 1.82) is 0 Å². The molecule has 1 aliphatic carbocycles. The highest BCUT2D eigenvalue weighted by molar-refractivity contribution is 5.93. The predicted octanol–water partition coefficient (Wildman–Crippen LogP) is 3.68. The largest absolute Gasteiger partial charge is 0.330 e. The summed E-state index contributed by atoms with van der Waals surface area (Å²) in [5.41, 5.74) is 8.16. The van der Waals surface area contributed by atoms with Gasteiger partial charge < -0.3 is 10.6 Å². The number of anilines is 1. The van der Waals surface area contributed by atoms with Gasteiger partial charge in [-0.15, -0.1) is 12.4 Å². The summed E-state index contributed by atoms with van der Waals surface area (Å²) < 4.78 is 0. The topological polar surface area (TPSA) is 46.3 Å². The average molecular weight is 311 g/mol. The Kier molecular flexibility index (Phi) is 6.69. The minimum absolute atomic E-state index is 0. The molecule has 0 saturated heterocycles. The summed E-state index contributed by atoms with van der Waals surface area (Å²) in [6.07, 6.45) is 6.46. The molecule has 1 aromatic rings. The number of nitrogens with two attached hydrogens (primary N) is 1. The van der Waals surface area contributed by atoms with Gasteiger partial charge in [0.2, 0.25) is 5.91 Å². The van der Waals surface area contributed by atoms with E-state index in [1.54, 1.807) is 4.90 Å². The van der Waals surface area contributed by atoms with Crippen molar-refractivity contribution in [3.05, 3.63) is 29.8 Å². The first-order valence-electron chi connectivity index (χ1n) is 7.60. The van der Waals surface area contributed by atoms with Crippen LogP contribution in [0.5, 0.6) is 0 Å². The van der Waals surface area contributed by atoms with Gasteiger partial charge in [0, 0.05) is 19.2 Å². The van der Waals surface area contributed by atoms with Crippen LogP contribution in [0.25, 0.3) is 0 Å². The smallest absolute Gasteiger partial charge is 0.227 e. The van der Waals surface area contributed by atoms with Crippen molar-refractivity contribution in [1.82, 2.24) is 0 Å². The molecule has 0 radical (unpaired) electrons. The monoisotopic (exact) mass is 310 g/mol. The lowest BCUT2D eigenvalue weighted by atomic mass is 9.71. The van der Waals surface area contributed by atoms with Crippen LogP contribution in [0, 0.1) is 12.3 Å². The second kappa shape index (κ2) is 7.81. The molecular weight excluding hydrogens is 284 g/mol. The van der Waals surface area contributed by atoms with Crippen molar-refractivity contribution in [2.24, 2.45) is 11.1 Å². The van der Waals surface area contributed by atoms with Crippen LogP contribution in [0.2, 0.25) is 0 Å². The van der Waals surface area contributed by atoms with Gasteiger partial charge in [0.25, 0.3) is 0 Å². The van der Waals surface area contributed by atoms with Crippen molar-refractivity contribution >= 4 is 24.0 Å². The highest BCUT2D eigenvalue weighted by atomic mass is 35.5. The fourth-order valence-electron chi connectivity index (χ4n) is 3.17. The Morgan fingerprint density at radius 3 is 2.52 bits per heavy atom. The van der Waals surface area contributed by atoms with Crippen LogP contribution in [0.1, 0.15) is 44.1 Å². The van der Waals surface area contributed by atoms with E-state index >= 15 is 0 Å². The van der Waals surface area contributed by atoms with Gasteiger partial charge in [0.05, 0.1) is 0 Å². The Hall–Kier alpha value is -1.06. The van der Waals surface area contributed by atoms with Crippen LogP contribution in [0.15, 0.2) is 24.3 Å². The zero-order chi connectivity index (χ0) is 14.6. The Labute approximate surface area is 134 Å². The maximum absolute atomic E-state index is 12.6. The van der Waals surface area contributed by atoms with E-state index in [1.807, 2.05) is 38.2 Å². The predicted molar refractivity (Wildman–Crippen MR) is 91.0 cm³/mol. The van der Waals surface area contributed by atoms with Crippen LogP contribution in [0.4, 0.5) is 5.69 Å². The molecule has 0 heterocycles. The third-order valence-corrected chi connectivity index (χ3v) is 4.64. The van der Waals surface area contributed by atoms with Crippen molar-refractivity contribution in [2.75, 3.05) is 18.5 Å². The van der Waals surface area contributed by atoms with Gasteiger partial charge in [-0.2, -0.15) is 0 Å². The molecule has 2 N–H and O–H groups in total. The van der Waals surface area contributed by atoms with Crippen LogP contribution < -0.4 is 10.6 Å². The summed E-state index contributed by atoms with van der Waals surface area (Å²) in [6, 6.07) is 8.08. The van der Waals surface area contributed by atoms with Crippen LogP contribution in [0.3, 0.4) is 0 Å². The van der Waals surface area contributed by atoms with Gasteiger partial charge in [-0.25, -0.2) is 0 Å². The molecule has 1 saturated carbocycles. The fraction of sp³-hybridized carbons (Fsp3) is 0.588. The molecule has 1 aromatic carbocycles. The van der Waals surface area contributed by atoms with Crippen LogP contribution >= 0.6 is 12.4 Å². The second-order valence-electron chi connectivity index (χ2n) is 6.23. The lowest BCUT2D eigenvalue weighted by Crippen LogP contribution is -2.39. The fourth-order valence-corrected chi connectivity index (χ4v) is 3.17. The molecule has 0 bridgehead atoms. The van der Waals surface area contributed by atoms with Crippen molar-refractivity contribution in [2.45, 2.75) is 45.4 Å². The lowest BCUT2D eigenvalue weighted by Gasteiger charge is -2.36. The van der Waals surface area contributed by atoms with E-state index in [2.05, 4.69) is 0 Å². The number of rotatable bonds is 4. The summed E-state index contributed by atoms with van der Waals surface area (Å²) in [6.45, 7) is 2.67. The number of carbonyl (C=O) groups excluding carboxylic acids is 1. The third-order valence-electron chi connectivity index (χ3n) is 4.64. The molecule has 2 rings (SSSR count). The molecule has 0 atom stereocenters. The maximum atomic E-state index is 12.6. The summed E-state index contributed by atoms with van der Waals surface area (Å²) in [5, 5.41) is 0. The van der Waals surface area contributed by atoms with Crippen LogP contribution in [-0.4, -0.2) is 19.5 Å². The number of hydrogen-bond acceptors (Lipinski definition) is 2. The first-order chi connectivity index (χ1) is 9.56. The summed E-state index contributed by atoms with van der Waals surface area (Å²) in [5.74, 6) is 0.183. The van der Waals surface area contributed by atoms with E-state index in [0.29, 0.717) is 13.0 Å². The summed E-state index contributed by atoms with van der Waals surface area (Å²) in [7, 11) is 1.87. The summed E-state index contributed by atoms with van der Waals surface area (Å²) in [4.78, 5) is 14.3. The minimum Gasteiger partial charge on any atom is -0.330 e. The van der Waals surface area contributed by atoms with E-state index in [1.165, 1.54) is 24.8 Å². The third kappa shape index (κ3) is 4.45. The molecule has 118 valence electrons. The van der Waals surface area contributed by atoms with Gasteiger partial charge in [-0.05, 0) is 49.4 Å². The van der Waals surface area contributed by atoms with E-state index in [-0.39, 0.29) is 23.7 Å². The quantitative estimate of drug-likeness (QED) is 0.922. The van der Waals surface area contributed by atoms with E-state index in [0.717, 1.165) is 18.5 Å². The summed E-state index contributed by atoms with van der Waals surface area (Å²) >= 11 is 0. The maximum Gasteiger partial charge on any atom is 0.227 e. The first kappa shape index (κ1) is 18.0. The van der Waals surface area contributed by atoms with E-state index in [4.69, 9.17) is 5.73 Å². The molecule has 1 fully saturated rings. The first-order valence-corrected chi connectivity index (χ1v) is 7.60. The van der Waals surface area contributed by atoms with Gasteiger partial charge in [0.1, 0.15) is 0 Å². The molecule has 0 aliphatic heterocycles. The molecule has 21 heavy (non-hydrogen) atoms. The Morgan fingerprint density at radius 1 is 1.29 bits per heavy atom. The molecule has 0 spiro atoms. The Balaban J connectivity index is 0.00000220. The average Bonchev–Trinajstić information content (AvgIpc) is 2.47. The molecule has 0 unspecified atom stereocenters. The van der Waals surface area contributed by atoms with Crippen LogP contribution in [-0.2, 0) is 4.79 Å². The van der Waals surface area contributed by atoms with Crippen molar-refractivity contribution in [3.63, 3.8) is 0 Å². The number of aryl methyl sites for hydroxylation is 1. The molecule has 4 heteroatoms. The van der Waals surface area contributed by atoms with Crippen molar-refractivity contribution in [3.8, 4) is 0 Å². The molecule has 1 amide bonds. The van der Waals surface area contributed by atoms with Crippen molar-refractivity contribution < 1.29 is 4.79 Å². The number of carbonyl (C=O) groups is 1. The number of amides is 1. The number of nitrogens with zero attached hydrogens (tertiary/aromatic N) is 1. The normalized spacial score (nSPS) is 16.9. The van der Waals surface area contributed by atoms with Gasteiger partial charge >= 0.3 is 0 Å². The second-order valence-corrected chi connectivity index (χ2v) is 6.23. The van der Waals surface area contributed by atoms with Gasteiger partial charge in [-0.3, -0.25) is 4.79 Å². The number of benzene rings is 1. The lowest BCUT2D eigenvalue weighted by molar-refractivity contribution is -0.121. The Morgan fingerprint density at radius 2 is 1.95 bits per heavy atom. The highest BCUT2D eigenvalue weighted by Gasteiger charge is 2.34.